The summed E-state index contributed by atoms with van der Waals surface area (Å²) in [4.78, 5) is 39.3. The van der Waals surface area contributed by atoms with E-state index in [2.05, 4.69) is 15.7 Å². The number of benzene rings is 1. The van der Waals surface area contributed by atoms with Crippen molar-refractivity contribution in [2.45, 2.75) is 46.2 Å². The molecule has 196 valence electrons. The number of para-hydroxylation sites is 1. The number of alkyl halides is 3. The number of hydrogen-bond donors (Lipinski definition) is 2. The molecule has 3 amide bonds. The summed E-state index contributed by atoms with van der Waals surface area (Å²) in [6.07, 6.45) is -2.01. The van der Waals surface area contributed by atoms with E-state index in [1.165, 1.54) is 0 Å². The zero-order valence-electron chi connectivity index (χ0n) is 20.7. The molecule has 1 aromatic heterocycles. The molecule has 2 aromatic rings. The topological polar surface area (TPSA) is 96.3 Å². The van der Waals surface area contributed by atoms with Gasteiger partial charge in [-0.05, 0) is 30.4 Å². The third-order valence-corrected chi connectivity index (χ3v) is 5.78. The molecule has 0 aliphatic carbocycles. The van der Waals surface area contributed by atoms with Crippen molar-refractivity contribution >= 4 is 17.7 Å². The van der Waals surface area contributed by atoms with Crippen LogP contribution in [0.5, 0.6) is 0 Å². The lowest BCUT2D eigenvalue weighted by atomic mass is 9.90. The molecule has 8 nitrogen and oxygen atoms in total. The predicted molar refractivity (Wildman–Crippen MR) is 127 cm³/mol. The smallest absolute Gasteiger partial charge is 0.354 e. The highest BCUT2D eigenvalue weighted by atomic mass is 19.4. The molecular weight excluding hydrogens is 475 g/mol. The van der Waals surface area contributed by atoms with Crippen LogP contribution in [0, 0.1) is 11.3 Å². The lowest BCUT2D eigenvalue weighted by molar-refractivity contribution is -0.141. The molecule has 1 aliphatic rings. The summed E-state index contributed by atoms with van der Waals surface area (Å²) in [6.45, 7) is 6.89. The van der Waals surface area contributed by atoms with E-state index in [-0.39, 0.29) is 36.2 Å². The maximum Gasteiger partial charge on any atom is 0.435 e. The van der Waals surface area contributed by atoms with Crippen molar-refractivity contribution in [3.05, 3.63) is 47.8 Å². The summed E-state index contributed by atoms with van der Waals surface area (Å²) in [6, 6.07) is 8.17. The Kier molecular flexibility index (Phi) is 8.42. The van der Waals surface area contributed by atoms with E-state index in [0.29, 0.717) is 31.6 Å². The van der Waals surface area contributed by atoms with E-state index in [0.717, 1.165) is 17.3 Å². The molecule has 1 aromatic carbocycles. The SMILES string of the molecule is CC(C)(C)CC(=O)N1CCCC(C(=O)NCCNC(=O)c2cn(-c3ccccc3)nc2C(F)(F)F)C1. The summed E-state index contributed by atoms with van der Waals surface area (Å²) in [5.74, 6) is -1.52. The Morgan fingerprint density at radius 3 is 2.36 bits per heavy atom. The van der Waals surface area contributed by atoms with Crippen molar-refractivity contribution in [1.82, 2.24) is 25.3 Å². The number of rotatable bonds is 7. The van der Waals surface area contributed by atoms with Gasteiger partial charge in [0.15, 0.2) is 5.69 Å². The lowest BCUT2D eigenvalue weighted by Crippen LogP contribution is -2.47. The third-order valence-electron chi connectivity index (χ3n) is 5.78. The second kappa shape index (κ2) is 11.1. The van der Waals surface area contributed by atoms with Gasteiger partial charge in [-0.1, -0.05) is 39.0 Å². The second-order valence-corrected chi connectivity index (χ2v) is 10.1. The maximum atomic E-state index is 13.5. The van der Waals surface area contributed by atoms with Crippen LogP contribution in [-0.2, 0) is 15.8 Å². The van der Waals surface area contributed by atoms with Crippen LogP contribution >= 0.6 is 0 Å². The van der Waals surface area contributed by atoms with Crippen LogP contribution in [0.1, 0.15) is 56.1 Å². The highest BCUT2D eigenvalue weighted by Crippen LogP contribution is 2.31. The summed E-state index contributed by atoms with van der Waals surface area (Å²) in [7, 11) is 0. The average molecular weight is 508 g/mol. The number of aromatic nitrogens is 2. The van der Waals surface area contributed by atoms with Gasteiger partial charge in [-0.2, -0.15) is 18.3 Å². The highest BCUT2D eigenvalue weighted by molar-refractivity contribution is 5.95. The molecule has 1 fully saturated rings. The van der Waals surface area contributed by atoms with Gasteiger partial charge in [0.25, 0.3) is 5.91 Å². The largest absolute Gasteiger partial charge is 0.435 e. The first kappa shape index (κ1) is 27.2. The molecule has 2 N–H and O–H groups in total. The minimum atomic E-state index is -4.81. The molecule has 11 heteroatoms. The number of carbonyl (C=O) groups excluding carboxylic acids is 3. The number of hydrogen-bond acceptors (Lipinski definition) is 4. The van der Waals surface area contributed by atoms with Crippen molar-refractivity contribution < 1.29 is 27.6 Å². The fourth-order valence-corrected chi connectivity index (χ4v) is 4.05. The van der Waals surface area contributed by atoms with Crippen LogP contribution in [0.4, 0.5) is 13.2 Å². The van der Waals surface area contributed by atoms with Gasteiger partial charge in [0, 0.05) is 38.8 Å². The maximum absolute atomic E-state index is 13.5. The van der Waals surface area contributed by atoms with Crippen LogP contribution in [0.25, 0.3) is 5.69 Å². The Morgan fingerprint density at radius 2 is 1.72 bits per heavy atom. The van der Waals surface area contributed by atoms with E-state index in [4.69, 9.17) is 0 Å². The standard InChI is InChI=1S/C25H32F3N5O3/c1-24(2,3)14-20(34)32-13-7-8-17(15-32)22(35)29-11-12-30-23(36)19-16-33(18-9-5-4-6-10-18)31-21(19)25(26,27)28/h4-6,9-10,16-17H,7-8,11-15H2,1-3H3,(H,29,35)(H,30,36). The van der Waals surface area contributed by atoms with Crippen LogP contribution in [0.15, 0.2) is 36.5 Å². The molecule has 1 aliphatic heterocycles. The van der Waals surface area contributed by atoms with Gasteiger partial charge in [0.2, 0.25) is 11.8 Å². The monoisotopic (exact) mass is 507 g/mol. The van der Waals surface area contributed by atoms with E-state index >= 15 is 0 Å². The number of nitrogens with zero attached hydrogens (tertiary/aromatic N) is 3. The zero-order valence-corrected chi connectivity index (χ0v) is 20.7. The molecule has 0 saturated carbocycles. The van der Waals surface area contributed by atoms with E-state index in [9.17, 15) is 27.6 Å². The number of likely N-dealkylation sites (tertiary alicyclic amines) is 1. The number of carbonyl (C=O) groups is 3. The molecular formula is C25H32F3N5O3. The van der Waals surface area contributed by atoms with Crippen LogP contribution in [0.3, 0.4) is 0 Å². The van der Waals surface area contributed by atoms with Gasteiger partial charge in [-0.3, -0.25) is 14.4 Å². The number of halogens is 3. The molecule has 1 unspecified atom stereocenters. The van der Waals surface area contributed by atoms with Gasteiger partial charge in [-0.15, -0.1) is 0 Å². The van der Waals surface area contributed by atoms with Gasteiger partial charge >= 0.3 is 6.18 Å². The number of nitrogens with one attached hydrogen (secondary N) is 2. The number of piperidine rings is 1. The lowest BCUT2D eigenvalue weighted by Gasteiger charge is -2.33. The van der Waals surface area contributed by atoms with Gasteiger partial charge in [0.1, 0.15) is 0 Å². The highest BCUT2D eigenvalue weighted by Gasteiger charge is 2.39. The van der Waals surface area contributed by atoms with Crippen molar-refractivity contribution in [2.24, 2.45) is 11.3 Å². The summed E-state index contributed by atoms with van der Waals surface area (Å²) in [5, 5.41) is 8.69. The first-order valence-electron chi connectivity index (χ1n) is 11.9. The van der Waals surface area contributed by atoms with Crippen LogP contribution < -0.4 is 10.6 Å². The van der Waals surface area contributed by atoms with Crippen molar-refractivity contribution in [2.75, 3.05) is 26.2 Å². The van der Waals surface area contributed by atoms with Gasteiger partial charge < -0.3 is 15.5 Å². The Hall–Kier alpha value is -3.37. The second-order valence-electron chi connectivity index (χ2n) is 10.1. The molecule has 3 rings (SSSR count). The summed E-state index contributed by atoms with van der Waals surface area (Å²) in [5.41, 5.74) is -1.64. The Bertz CT molecular complexity index is 1080. The first-order chi connectivity index (χ1) is 16.8. The zero-order chi connectivity index (χ0) is 26.5. The quantitative estimate of drug-likeness (QED) is 0.562. The van der Waals surface area contributed by atoms with Crippen molar-refractivity contribution in [1.29, 1.82) is 0 Å². The summed E-state index contributed by atoms with van der Waals surface area (Å²) < 4.78 is 41.4. The van der Waals surface area contributed by atoms with Gasteiger partial charge in [-0.25, -0.2) is 4.68 Å². The Morgan fingerprint density at radius 1 is 1.06 bits per heavy atom. The first-order valence-corrected chi connectivity index (χ1v) is 11.9. The van der Waals surface area contributed by atoms with Crippen molar-refractivity contribution in [3.8, 4) is 5.69 Å². The predicted octanol–water partition coefficient (Wildman–Crippen LogP) is 3.41. The van der Waals surface area contributed by atoms with E-state index in [1.54, 1.807) is 35.2 Å². The average Bonchev–Trinajstić information content (AvgIpc) is 3.28. The van der Waals surface area contributed by atoms with E-state index in [1.807, 2.05) is 20.8 Å². The number of amides is 3. The molecule has 0 radical (unpaired) electrons. The van der Waals surface area contributed by atoms with Gasteiger partial charge in [0.05, 0.1) is 17.2 Å². The minimum Gasteiger partial charge on any atom is -0.354 e. The molecule has 2 heterocycles. The Balaban J connectivity index is 1.53. The van der Waals surface area contributed by atoms with E-state index < -0.39 is 23.3 Å². The molecule has 36 heavy (non-hydrogen) atoms. The molecule has 0 bridgehead atoms. The molecule has 1 atom stereocenters. The third kappa shape index (κ3) is 7.32. The van der Waals surface area contributed by atoms with Crippen molar-refractivity contribution in [3.63, 3.8) is 0 Å². The molecule has 0 spiro atoms. The summed E-state index contributed by atoms with van der Waals surface area (Å²) >= 11 is 0. The van der Waals surface area contributed by atoms with Crippen LogP contribution in [-0.4, -0.2) is 58.6 Å². The fraction of sp³-hybridized carbons (Fsp3) is 0.520. The fourth-order valence-electron chi connectivity index (χ4n) is 4.05. The Labute approximate surface area is 208 Å². The normalized spacial score (nSPS) is 16.5. The molecule has 1 saturated heterocycles. The minimum absolute atomic E-state index is 0.0174. The van der Waals surface area contributed by atoms with Crippen LogP contribution in [0.2, 0.25) is 0 Å².